The molecule has 2 amide bonds. The van der Waals surface area contributed by atoms with E-state index in [1.165, 1.54) is 0 Å². The Bertz CT molecular complexity index is 825. The molecule has 1 unspecified atom stereocenters. The zero-order chi connectivity index (χ0) is 17.4. The number of carbonyl (C=O) groups is 2. The summed E-state index contributed by atoms with van der Waals surface area (Å²) in [6, 6.07) is 1.91. The lowest BCUT2D eigenvalue weighted by Gasteiger charge is -2.19. The molecule has 7 heteroatoms. The van der Waals surface area contributed by atoms with Crippen LogP contribution in [0.2, 0.25) is 0 Å². The predicted octanol–water partition coefficient (Wildman–Crippen LogP) is 1.67. The molecule has 24 heavy (non-hydrogen) atoms. The number of hydrogen-bond donors (Lipinski definition) is 1. The first kappa shape index (κ1) is 16.3. The van der Waals surface area contributed by atoms with Crippen molar-refractivity contribution in [2.75, 3.05) is 14.2 Å². The number of fused-ring (bicyclic) bond motifs is 1. The third kappa shape index (κ3) is 2.40. The van der Waals surface area contributed by atoms with Crippen LogP contribution in [0.15, 0.2) is 6.07 Å². The Morgan fingerprint density at radius 1 is 1.33 bits per heavy atom. The second-order valence-electron chi connectivity index (χ2n) is 5.85. The van der Waals surface area contributed by atoms with E-state index in [2.05, 4.69) is 10.4 Å². The maximum absolute atomic E-state index is 12.2. The van der Waals surface area contributed by atoms with Crippen molar-refractivity contribution in [3.8, 4) is 11.5 Å². The maximum atomic E-state index is 12.2. The molecule has 128 valence electrons. The molecule has 1 atom stereocenters. The van der Waals surface area contributed by atoms with Gasteiger partial charge in [0.15, 0.2) is 5.75 Å². The lowest BCUT2D eigenvalue weighted by Crippen LogP contribution is -2.39. The van der Waals surface area contributed by atoms with Gasteiger partial charge in [0.05, 0.1) is 25.8 Å². The number of aryl methyl sites for hydroxylation is 1. The number of amides is 2. The van der Waals surface area contributed by atoms with Gasteiger partial charge in [-0.05, 0) is 18.9 Å². The molecular weight excluding hydrogens is 310 g/mol. The number of benzene rings is 1. The fourth-order valence-electron chi connectivity index (χ4n) is 3.39. The van der Waals surface area contributed by atoms with Gasteiger partial charge in [-0.25, -0.2) is 0 Å². The van der Waals surface area contributed by atoms with Crippen molar-refractivity contribution in [2.45, 2.75) is 32.1 Å². The van der Waals surface area contributed by atoms with Crippen LogP contribution in [0.1, 0.15) is 36.9 Å². The van der Waals surface area contributed by atoms with E-state index in [-0.39, 0.29) is 11.8 Å². The van der Waals surface area contributed by atoms with Crippen LogP contribution in [-0.2, 0) is 23.1 Å². The average Bonchev–Trinajstić information content (AvgIpc) is 2.89. The number of piperidine rings is 1. The second-order valence-corrected chi connectivity index (χ2v) is 5.85. The van der Waals surface area contributed by atoms with Crippen LogP contribution in [-0.4, -0.2) is 35.8 Å². The van der Waals surface area contributed by atoms with Gasteiger partial charge in [0.25, 0.3) is 0 Å². The van der Waals surface area contributed by atoms with Gasteiger partial charge in [-0.3, -0.25) is 19.6 Å². The van der Waals surface area contributed by atoms with Gasteiger partial charge in [-0.15, -0.1) is 0 Å². The Morgan fingerprint density at radius 2 is 2.08 bits per heavy atom. The standard InChI is InChI=1S/C17H21N3O4/c1-5-9-12(23-3)8-11-14(10-6-7-13(21)18-17(10)22)19-20(2)15(11)16(9)24-4/h8,10H,5-7H2,1-4H3,(H,18,21,22). The molecule has 7 nitrogen and oxygen atoms in total. The molecule has 1 aromatic carbocycles. The lowest BCUT2D eigenvalue weighted by atomic mass is 9.92. The highest BCUT2D eigenvalue weighted by Crippen LogP contribution is 2.41. The fourth-order valence-corrected chi connectivity index (χ4v) is 3.39. The van der Waals surface area contributed by atoms with Crippen LogP contribution in [0.5, 0.6) is 11.5 Å². The Kier molecular flexibility index (Phi) is 4.17. The van der Waals surface area contributed by atoms with Crippen LogP contribution in [0.3, 0.4) is 0 Å². The molecule has 1 aliphatic heterocycles. The second kappa shape index (κ2) is 6.14. The number of nitrogens with one attached hydrogen (secondary N) is 1. The maximum Gasteiger partial charge on any atom is 0.235 e. The quantitative estimate of drug-likeness (QED) is 0.862. The first-order valence-electron chi connectivity index (χ1n) is 7.95. The number of carbonyl (C=O) groups excluding carboxylic acids is 2. The van der Waals surface area contributed by atoms with Gasteiger partial charge in [0.1, 0.15) is 11.3 Å². The van der Waals surface area contributed by atoms with E-state index in [1.807, 2.05) is 20.0 Å². The summed E-state index contributed by atoms with van der Waals surface area (Å²) in [7, 11) is 5.06. The van der Waals surface area contributed by atoms with Crippen molar-refractivity contribution in [3.63, 3.8) is 0 Å². The van der Waals surface area contributed by atoms with Gasteiger partial charge in [-0.1, -0.05) is 6.92 Å². The first-order chi connectivity index (χ1) is 11.5. The van der Waals surface area contributed by atoms with Crippen molar-refractivity contribution in [2.24, 2.45) is 7.05 Å². The van der Waals surface area contributed by atoms with Crippen LogP contribution in [0.4, 0.5) is 0 Å². The zero-order valence-electron chi connectivity index (χ0n) is 14.3. The number of imide groups is 1. The minimum Gasteiger partial charge on any atom is -0.496 e. The molecule has 2 heterocycles. The zero-order valence-corrected chi connectivity index (χ0v) is 14.3. The molecule has 0 bridgehead atoms. The Morgan fingerprint density at radius 3 is 2.67 bits per heavy atom. The molecule has 2 aromatic rings. The smallest absolute Gasteiger partial charge is 0.235 e. The number of aromatic nitrogens is 2. The monoisotopic (exact) mass is 331 g/mol. The van der Waals surface area contributed by atoms with Crippen molar-refractivity contribution < 1.29 is 19.1 Å². The Labute approximate surface area is 139 Å². The molecule has 1 aliphatic rings. The van der Waals surface area contributed by atoms with Gasteiger partial charge in [-0.2, -0.15) is 5.10 Å². The number of hydrogen-bond acceptors (Lipinski definition) is 5. The summed E-state index contributed by atoms with van der Waals surface area (Å²) in [5.41, 5.74) is 2.44. The van der Waals surface area contributed by atoms with E-state index in [9.17, 15) is 9.59 Å². The number of rotatable bonds is 4. The summed E-state index contributed by atoms with van der Waals surface area (Å²) < 4.78 is 12.9. The van der Waals surface area contributed by atoms with Crippen molar-refractivity contribution in [1.82, 2.24) is 15.1 Å². The van der Waals surface area contributed by atoms with Gasteiger partial charge in [0.2, 0.25) is 11.8 Å². The predicted molar refractivity (Wildman–Crippen MR) is 88.3 cm³/mol. The molecule has 1 saturated heterocycles. The topological polar surface area (TPSA) is 82.5 Å². The Balaban J connectivity index is 2.24. The van der Waals surface area contributed by atoms with Crippen LogP contribution >= 0.6 is 0 Å². The average molecular weight is 331 g/mol. The summed E-state index contributed by atoms with van der Waals surface area (Å²) in [5, 5.41) is 7.77. The van der Waals surface area contributed by atoms with Gasteiger partial charge < -0.3 is 9.47 Å². The molecule has 1 aromatic heterocycles. The van der Waals surface area contributed by atoms with Gasteiger partial charge in [0, 0.05) is 24.4 Å². The normalized spacial score (nSPS) is 17.9. The van der Waals surface area contributed by atoms with E-state index < -0.39 is 5.92 Å². The van der Waals surface area contributed by atoms with Crippen LogP contribution in [0.25, 0.3) is 10.9 Å². The van der Waals surface area contributed by atoms with Gasteiger partial charge >= 0.3 is 0 Å². The summed E-state index contributed by atoms with van der Waals surface area (Å²) in [6.45, 7) is 2.03. The first-order valence-corrected chi connectivity index (χ1v) is 7.95. The molecule has 0 aliphatic carbocycles. The van der Waals surface area contributed by atoms with E-state index in [1.54, 1.807) is 18.9 Å². The molecule has 0 saturated carbocycles. The fraction of sp³-hybridized carbons (Fsp3) is 0.471. The molecule has 1 N–H and O–H groups in total. The number of nitrogens with zero attached hydrogens (tertiary/aromatic N) is 2. The molecule has 1 fully saturated rings. The number of methoxy groups -OCH3 is 2. The molecule has 0 radical (unpaired) electrons. The van der Waals surface area contributed by atoms with E-state index in [0.29, 0.717) is 30.0 Å². The molecular formula is C17H21N3O4. The summed E-state index contributed by atoms with van der Waals surface area (Å²) in [5.74, 6) is 0.431. The number of ether oxygens (including phenoxy) is 2. The summed E-state index contributed by atoms with van der Waals surface area (Å²) in [6.07, 6.45) is 1.52. The van der Waals surface area contributed by atoms with Crippen molar-refractivity contribution >= 4 is 22.7 Å². The van der Waals surface area contributed by atoms with Crippen molar-refractivity contribution in [3.05, 3.63) is 17.3 Å². The van der Waals surface area contributed by atoms with Crippen LogP contribution < -0.4 is 14.8 Å². The van der Waals surface area contributed by atoms with E-state index >= 15 is 0 Å². The third-order valence-electron chi connectivity index (χ3n) is 4.52. The Hall–Kier alpha value is -2.57. The van der Waals surface area contributed by atoms with E-state index in [0.717, 1.165) is 22.9 Å². The highest BCUT2D eigenvalue weighted by Gasteiger charge is 2.33. The lowest BCUT2D eigenvalue weighted by molar-refractivity contribution is -0.134. The van der Waals surface area contributed by atoms with E-state index in [4.69, 9.17) is 9.47 Å². The summed E-state index contributed by atoms with van der Waals surface area (Å²) in [4.78, 5) is 23.7. The minimum atomic E-state index is -0.451. The molecule has 3 rings (SSSR count). The third-order valence-corrected chi connectivity index (χ3v) is 4.52. The largest absolute Gasteiger partial charge is 0.496 e. The SMILES string of the molecule is CCc1c(OC)cc2c(C3CCC(=O)NC3=O)nn(C)c2c1OC. The van der Waals surface area contributed by atoms with Crippen LogP contribution in [0, 0.1) is 0 Å². The van der Waals surface area contributed by atoms with Crippen molar-refractivity contribution in [1.29, 1.82) is 0 Å². The molecule has 0 spiro atoms. The summed E-state index contributed by atoms with van der Waals surface area (Å²) >= 11 is 0. The minimum absolute atomic E-state index is 0.236. The highest BCUT2D eigenvalue weighted by molar-refractivity contribution is 6.03. The highest BCUT2D eigenvalue weighted by atomic mass is 16.5.